The van der Waals surface area contributed by atoms with E-state index >= 15 is 0 Å². The molecule has 0 aliphatic rings. The second-order valence-electron chi connectivity index (χ2n) is 4.16. The van der Waals surface area contributed by atoms with Crippen LogP contribution in [-0.4, -0.2) is 28.7 Å². The van der Waals surface area contributed by atoms with Crippen LogP contribution in [-0.2, 0) is 6.18 Å². The Labute approximate surface area is 122 Å². The number of nitrogens with zero attached hydrogens (tertiary/aromatic N) is 2. The molecule has 2 rings (SSSR count). The van der Waals surface area contributed by atoms with E-state index in [1.54, 1.807) is 11.4 Å². The Morgan fingerprint density at radius 2 is 2.05 bits per heavy atom. The molecule has 1 unspecified atom stereocenters. The Balaban J connectivity index is 2.12. The number of aromatic nitrogens is 2. The fraction of sp³-hybridized carbons (Fsp3) is 0.333. The summed E-state index contributed by atoms with van der Waals surface area (Å²) in [5, 5.41) is 18.7. The fourth-order valence-electron chi connectivity index (χ4n) is 1.58. The van der Waals surface area contributed by atoms with Crippen molar-refractivity contribution >= 4 is 23.0 Å². The van der Waals surface area contributed by atoms with Crippen LogP contribution in [0.15, 0.2) is 22.9 Å². The lowest BCUT2D eigenvalue weighted by Crippen LogP contribution is -2.17. The molecule has 0 spiro atoms. The highest BCUT2D eigenvalue weighted by molar-refractivity contribution is 7.07. The molecule has 0 aliphatic heterocycles. The number of hydrogen-bond donors (Lipinski definition) is 3. The molecule has 9 heteroatoms. The molecule has 2 aromatic heterocycles. The minimum atomic E-state index is -4.63. The maximum Gasteiger partial charge on any atom is 0.451 e. The Kier molecular flexibility index (Phi) is 4.63. The van der Waals surface area contributed by atoms with Gasteiger partial charge in [0.15, 0.2) is 0 Å². The van der Waals surface area contributed by atoms with E-state index in [2.05, 4.69) is 20.6 Å². The van der Waals surface area contributed by atoms with Crippen molar-refractivity contribution in [1.82, 2.24) is 9.97 Å². The summed E-state index contributed by atoms with van der Waals surface area (Å²) in [6.45, 7) is 0.0498. The number of nitrogens with one attached hydrogen (secondary N) is 2. The predicted molar refractivity (Wildman–Crippen MR) is 74.3 cm³/mol. The average molecular weight is 318 g/mol. The highest BCUT2D eigenvalue weighted by Crippen LogP contribution is 2.28. The zero-order valence-electron chi connectivity index (χ0n) is 11.0. The van der Waals surface area contributed by atoms with Crippen molar-refractivity contribution in [3.63, 3.8) is 0 Å². The van der Waals surface area contributed by atoms with Crippen molar-refractivity contribution in [1.29, 1.82) is 0 Å². The van der Waals surface area contributed by atoms with Gasteiger partial charge in [-0.2, -0.15) is 24.5 Å². The molecular weight excluding hydrogens is 305 g/mol. The maximum absolute atomic E-state index is 12.7. The van der Waals surface area contributed by atoms with E-state index in [-0.39, 0.29) is 18.2 Å². The van der Waals surface area contributed by atoms with Gasteiger partial charge in [-0.05, 0) is 22.4 Å². The van der Waals surface area contributed by atoms with Gasteiger partial charge in [-0.3, -0.25) is 0 Å². The first-order valence-corrected chi connectivity index (χ1v) is 6.92. The van der Waals surface area contributed by atoms with Crippen molar-refractivity contribution in [3.05, 3.63) is 34.3 Å². The second kappa shape index (κ2) is 6.27. The van der Waals surface area contributed by atoms with Crippen molar-refractivity contribution in [2.75, 3.05) is 24.2 Å². The van der Waals surface area contributed by atoms with Crippen LogP contribution >= 0.6 is 11.3 Å². The highest BCUT2D eigenvalue weighted by Gasteiger charge is 2.35. The molecule has 21 heavy (non-hydrogen) atoms. The van der Waals surface area contributed by atoms with Gasteiger partial charge in [0.05, 0.1) is 6.10 Å². The summed E-state index contributed by atoms with van der Waals surface area (Å²) in [4.78, 5) is 6.76. The van der Waals surface area contributed by atoms with Crippen molar-refractivity contribution < 1.29 is 18.3 Å². The third kappa shape index (κ3) is 4.05. The van der Waals surface area contributed by atoms with Crippen LogP contribution in [0, 0.1) is 0 Å². The maximum atomic E-state index is 12.7. The van der Waals surface area contributed by atoms with E-state index in [9.17, 15) is 18.3 Å². The van der Waals surface area contributed by atoms with Crippen LogP contribution < -0.4 is 10.6 Å². The topological polar surface area (TPSA) is 70.1 Å². The third-order valence-electron chi connectivity index (χ3n) is 2.64. The van der Waals surface area contributed by atoms with E-state index in [0.717, 1.165) is 0 Å². The van der Waals surface area contributed by atoms with Crippen molar-refractivity contribution in [2.24, 2.45) is 0 Å². The van der Waals surface area contributed by atoms with Crippen LogP contribution in [0.4, 0.5) is 24.8 Å². The smallest absolute Gasteiger partial charge is 0.387 e. The van der Waals surface area contributed by atoms with Crippen molar-refractivity contribution in [2.45, 2.75) is 12.3 Å². The lowest BCUT2D eigenvalue weighted by atomic mass is 10.2. The Morgan fingerprint density at radius 3 is 2.62 bits per heavy atom. The molecular formula is C12H13F3N4OS. The molecule has 0 aromatic carbocycles. The van der Waals surface area contributed by atoms with E-state index in [0.29, 0.717) is 5.56 Å². The summed E-state index contributed by atoms with van der Waals surface area (Å²) in [6, 6.07) is 3.09. The van der Waals surface area contributed by atoms with Gasteiger partial charge in [-0.1, -0.05) is 0 Å². The third-order valence-corrected chi connectivity index (χ3v) is 3.34. The van der Waals surface area contributed by atoms with Crippen LogP contribution in [0.5, 0.6) is 0 Å². The van der Waals surface area contributed by atoms with Crippen LogP contribution in [0.3, 0.4) is 0 Å². The summed E-state index contributed by atoms with van der Waals surface area (Å²) in [5.74, 6) is -1.19. The van der Waals surface area contributed by atoms with E-state index in [1.165, 1.54) is 24.5 Å². The number of alkyl halides is 3. The summed E-state index contributed by atoms with van der Waals surface area (Å²) in [5.41, 5.74) is 0.700. The first kappa shape index (κ1) is 15.5. The first-order valence-electron chi connectivity index (χ1n) is 5.98. The van der Waals surface area contributed by atoms with Gasteiger partial charge in [0.25, 0.3) is 0 Å². The molecule has 2 aromatic rings. The molecule has 0 fully saturated rings. The number of anilines is 2. The van der Waals surface area contributed by atoms with Gasteiger partial charge < -0.3 is 15.7 Å². The Morgan fingerprint density at radius 1 is 1.33 bits per heavy atom. The molecule has 2 heterocycles. The molecule has 0 radical (unpaired) electrons. The molecule has 0 amide bonds. The van der Waals surface area contributed by atoms with E-state index < -0.39 is 18.1 Å². The summed E-state index contributed by atoms with van der Waals surface area (Å²) in [7, 11) is 1.46. The molecule has 0 saturated carbocycles. The number of thiophene rings is 1. The predicted octanol–water partition coefficient (Wildman–Crippen LogP) is 2.74. The Hall–Kier alpha value is -1.87. The summed E-state index contributed by atoms with van der Waals surface area (Å²) >= 11 is 1.43. The minimum absolute atomic E-state index is 0.00375. The molecule has 0 bridgehead atoms. The van der Waals surface area contributed by atoms with Gasteiger partial charge in [-0.15, -0.1) is 0 Å². The fourth-order valence-corrected chi connectivity index (χ4v) is 2.28. The number of aliphatic hydroxyl groups is 1. The standard InChI is InChI=1S/C12H13F3N4OS/c1-16-9-4-10(19-11(18-9)12(13,14)15)17-5-8(20)7-2-3-21-6-7/h2-4,6,8,20H,5H2,1H3,(H2,16,17,18,19). The average Bonchev–Trinajstić information content (AvgIpc) is 2.97. The molecule has 0 saturated heterocycles. The van der Waals surface area contributed by atoms with Crippen molar-refractivity contribution in [3.8, 4) is 0 Å². The van der Waals surface area contributed by atoms with Gasteiger partial charge in [0.1, 0.15) is 11.6 Å². The second-order valence-corrected chi connectivity index (χ2v) is 4.94. The summed E-state index contributed by atoms with van der Waals surface area (Å²) in [6.07, 6.45) is -5.45. The molecule has 1 atom stereocenters. The van der Waals surface area contributed by atoms with Gasteiger partial charge >= 0.3 is 6.18 Å². The summed E-state index contributed by atoms with van der Waals surface area (Å²) < 4.78 is 38.0. The quantitative estimate of drug-likeness (QED) is 0.791. The number of halogens is 3. The van der Waals surface area contributed by atoms with E-state index in [4.69, 9.17) is 0 Å². The lowest BCUT2D eigenvalue weighted by molar-refractivity contribution is -0.144. The zero-order valence-corrected chi connectivity index (χ0v) is 11.8. The Bertz CT molecular complexity index is 589. The number of aliphatic hydroxyl groups excluding tert-OH is 1. The first-order chi connectivity index (χ1) is 9.90. The monoisotopic (exact) mass is 318 g/mol. The molecule has 0 aliphatic carbocycles. The number of rotatable bonds is 5. The highest BCUT2D eigenvalue weighted by atomic mass is 32.1. The molecule has 3 N–H and O–H groups in total. The SMILES string of the molecule is CNc1cc(NCC(O)c2ccsc2)nc(C(F)(F)F)n1. The van der Waals surface area contributed by atoms with Gasteiger partial charge in [0.2, 0.25) is 5.82 Å². The van der Waals surface area contributed by atoms with Gasteiger partial charge in [0, 0.05) is 19.7 Å². The van der Waals surface area contributed by atoms with Gasteiger partial charge in [-0.25, -0.2) is 9.97 Å². The minimum Gasteiger partial charge on any atom is -0.387 e. The molecule has 5 nitrogen and oxygen atoms in total. The van der Waals surface area contributed by atoms with Crippen LogP contribution in [0.2, 0.25) is 0 Å². The van der Waals surface area contributed by atoms with Crippen LogP contribution in [0.25, 0.3) is 0 Å². The number of hydrogen-bond acceptors (Lipinski definition) is 6. The van der Waals surface area contributed by atoms with Crippen LogP contribution in [0.1, 0.15) is 17.5 Å². The normalized spacial score (nSPS) is 13.0. The largest absolute Gasteiger partial charge is 0.451 e. The lowest BCUT2D eigenvalue weighted by Gasteiger charge is -2.13. The van der Waals surface area contributed by atoms with E-state index in [1.807, 2.05) is 5.38 Å². The molecule has 114 valence electrons. The zero-order chi connectivity index (χ0) is 15.5.